The van der Waals surface area contributed by atoms with Crippen LogP contribution in [0, 0.1) is 0 Å². The van der Waals surface area contributed by atoms with E-state index in [0.717, 1.165) is 19.4 Å². The van der Waals surface area contributed by atoms with E-state index in [0.29, 0.717) is 12.2 Å². The van der Waals surface area contributed by atoms with Gasteiger partial charge in [-0.3, -0.25) is 9.59 Å². The van der Waals surface area contributed by atoms with Crippen LogP contribution in [0.4, 0.5) is 0 Å². The third kappa shape index (κ3) is 2.34. The highest BCUT2D eigenvalue weighted by Gasteiger charge is 2.28. The van der Waals surface area contributed by atoms with Crippen molar-refractivity contribution in [1.82, 2.24) is 25.2 Å². The number of aromatic nitrogens is 3. The largest absolute Gasteiger partial charge is 0.354 e. The molecule has 0 aromatic carbocycles. The molecule has 7 nitrogen and oxygen atoms in total. The van der Waals surface area contributed by atoms with Gasteiger partial charge in [-0.05, 0) is 12.8 Å². The molecule has 1 fully saturated rings. The lowest BCUT2D eigenvalue weighted by Gasteiger charge is -2.23. The predicted octanol–water partition coefficient (Wildman–Crippen LogP) is -0.351. The second-order valence-corrected chi connectivity index (χ2v) is 4.39. The molecule has 0 aliphatic carbocycles. The van der Waals surface area contributed by atoms with E-state index < -0.39 is 0 Å². The molecule has 98 valence electrons. The standard InChI is InChI=1S/C11H17N5O2/c1-8(17)15-5-3-4-9(15)7-16-10(6-13-14-16)11(18)12-2/h6,9H,3-5,7H2,1-2H3,(H,12,18)/t9-/m0/s1. The van der Waals surface area contributed by atoms with Crippen LogP contribution in [0.3, 0.4) is 0 Å². The second-order valence-electron chi connectivity index (χ2n) is 4.39. The Morgan fingerprint density at radius 3 is 3.00 bits per heavy atom. The fourth-order valence-corrected chi connectivity index (χ4v) is 2.34. The quantitative estimate of drug-likeness (QED) is 0.796. The van der Waals surface area contributed by atoms with Crippen LogP contribution in [0.15, 0.2) is 6.20 Å². The first-order valence-corrected chi connectivity index (χ1v) is 6.01. The van der Waals surface area contributed by atoms with Crippen LogP contribution in [0.25, 0.3) is 0 Å². The molecule has 0 spiro atoms. The number of nitrogens with one attached hydrogen (secondary N) is 1. The Kier molecular flexibility index (Phi) is 3.59. The molecule has 1 aromatic heterocycles. The van der Waals surface area contributed by atoms with Crippen molar-refractivity contribution in [2.45, 2.75) is 32.4 Å². The number of nitrogens with zero attached hydrogens (tertiary/aromatic N) is 4. The molecule has 0 bridgehead atoms. The maximum atomic E-state index is 11.6. The normalized spacial score (nSPS) is 19.0. The van der Waals surface area contributed by atoms with Crippen molar-refractivity contribution in [2.24, 2.45) is 0 Å². The van der Waals surface area contributed by atoms with Gasteiger partial charge in [-0.1, -0.05) is 5.21 Å². The Balaban J connectivity index is 2.12. The van der Waals surface area contributed by atoms with Crippen LogP contribution < -0.4 is 5.32 Å². The first-order valence-electron chi connectivity index (χ1n) is 6.01. The zero-order chi connectivity index (χ0) is 13.1. The Bertz CT molecular complexity index is 456. The molecule has 2 heterocycles. The van der Waals surface area contributed by atoms with Crippen LogP contribution in [0.1, 0.15) is 30.3 Å². The molecule has 1 atom stereocenters. The third-order valence-electron chi connectivity index (χ3n) is 3.24. The molecule has 1 N–H and O–H groups in total. The minimum absolute atomic E-state index is 0.0686. The molecular weight excluding hydrogens is 234 g/mol. The number of likely N-dealkylation sites (tertiary alicyclic amines) is 1. The molecule has 0 unspecified atom stereocenters. The zero-order valence-corrected chi connectivity index (χ0v) is 10.6. The van der Waals surface area contributed by atoms with Gasteiger partial charge in [0.05, 0.1) is 18.8 Å². The highest BCUT2D eigenvalue weighted by Crippen LogP contribution is 2.19. The topological polar surface area (TPSA) is 80.1 Å². The van der Waals surface area contributed by atoms with Gasteiger partial charge < -0.3 is 10.2 Å². The average molecular weight is 251 g/mol. The van der Waals surface area contributed by atoms with Crippen molar-refractivity contribution in [3.8, 4) is 0 Å². The Morgan fingerprint density at radius 1 is 1.56 bits per heavy atom. The van der Waals surface area contributed by atoms with E-state index in [1.165, 1.54) is 6.20 Å². The summed E-state index contributed by atoms with van der Waals surface area (Å²) < 4.78 is 1.56. The summed E-state index contributed by atoms with van der Waals surface area (Å²) in [6.45, 7) is 2.87. The van der Waals surface area contributed by atoms with Crippen molar-refractivity contribution in [1.29, 1.82) is 0 Å². The van der Waals surface area contributed by atoms with Crippen LogP contribution in [0.2, 0.25) is 0 Å². The van der Waals surface area contributed by atoms with E-state index in [1.54, 1.807) is 18.7 Å². The molecule has 0 radical (unpaired) electrons. The fourth-order valence-electron chi connectivity index (χ4n) is 2.34. The number of carbonyl (C=O) groups is 2. The van der Waals surface area contributed by atoms with Gasteiger partial charge in [0.15, 0.2) is 0 Å². The number of rotatable bonds is 3. The SMILES string of the molecule is CNC(=O)c1cnnn1C[C@@H]1CCCN1C(C)=O. The molecule has 18 heavy (non-hydrogen) atoms. The molecule has 2 amide bonds. The van der Waals surface area contributed by atoms with Crippen LogP contribution >= 0.6 is 0 Å². The van der Waals surface area contributed by atoms with Gasteiger partial charge in [-0.15, -0.1) is 5.10 Å². The lowest BCUT2D eigenvalue weighted by Crippen LogP contribution is -2.37. The van der Waals surface area contributed by atoms with Crippen molar-refractivity contribution >= 4 is 11.8 Å². The average Bonchev–Trinajstić information content (AvgIpc) is 2.97. The van der Waals surface area contributed by atoms with Crippen molar-refractivity contribution in [2.75, 3.05) is 13.6 Å². The lowest BCUT2D eigenvalue weighted by atomic mass is 10.2. The first-order chi connectivity index (χ1) is 8.63. The zero-order valence-electron chi connectivity index (χ0n) is 10.6. The fraction of sp³-hybridized carbons (Fsp3) is 0.636. The Hall–Kier alpha value is -1.92. The van der Waals surface area contributed by atoms with Gasteiger partial charge in [-0.2, -0.15) is 0 Å². The van der Waals surface area contributed by atoms with Gasteiger partial charge in [0.25, 0.3) is 5.91 Å². The minimum atomic E-state index is -0.215. The molecule has 1 aromatic rings. The summed E-state index contributed by atoms with van der Waals surface area (Å²) in [6.07, 6.45) is 3.37. The van der Waals surface area contributed by atoms with Crippen molar-refractivity contribution < 1.29 is 9.59 Å². The summed E-state index contributed by atoms with van der Waals surface area (Å²) in [7, 11) is 1.57. The summed E-state index contributed by atoms with van der Waals surface area (Å²) >= 11 is 0. The van der Waals surface area contributed by atoms with Gasteiger partial charge in [0.2, 0.25) is 5.91 Å². The van der Waals surface area contributed by atoms with Gasteiger partial charge >= 0.3 is 0 Å². The molecule has 1 aliphatic heterocycles. The van der Waals surface area contributed by atoms with Gasteiger partial charge in [0.1, 0.15) is 5.69 Å². The Labute approximate surface area is 105 Å². The van der Waals surface area contributed by atoms with E-state index in [4.69, 9.17) is 0 Å². The smallest absolute Gasteiger partial charge is 0.270 e. The summed E-state index contributed by atoms with van der Waals surface area (Å²) in [5.74, 6) is -0.147. The van der Waals surface area contributed by atoms with E-state index >= 15 is 0 Å². The molecule has 1 saturated heterocycles. The predicted molar refractivity (Wildman–Crippen MR) is 63.8 cm³/mol. The van der Waals surface area contributed by atoms with Crippen molar-refractivity contribution in [3.63, 3.8) is 0 Å². The maximum absolute atomic E-state index is 11.6. The van der Waals surface area contributed by atoms with E-state index in [-0.39, 0.29) is 17.9 Å². The van der Waals surface area contributed by atoms with Crippen LogP contribution in [-0.4, -0.2) is 51.3 Å². The minimum Gasteiger partial charge on any atom is -0.354 e. The Morgan fingerprint density at radius 2 is 2.33 bits per heavy atom. The maximum Gasteiger partial charge on any atom is 0.270 e. The summed E-state index contributed by atoms with van der Waals surface area (Å²) in [6, 6.07) is 0.104. The van der Waals surface area contributed by atoms with E-state index in [2.05, 4.69) is 15.6 Å². The number of hydrogen-bond acceptors (Lipinski definition) is 4. The van der Waals surface area contributed by atoms with E-state index in [9.17, 15) is 9.59 Å². The van der Waals surface area contributed by atoms with Crippen LogP contribution in [0.5, 0.6) is 0 Å². The molecule has 1 aliphatic rings. The summed E-state index contributed by atoms with van der Waals surface area (Å²) in [4.78, 5) is 24.9. The monoisotopic (exact) mass is 251 g/mol. The van der Waals surface area contributed by atoms with Gasteiger partial charge in [0, 0.05) is 20.5 Å². The third-order valence-corrected chi connectivity index (χ3v) is 3.24. The highest BCUT2D eigenvalue weighted by atomic mass is 16.2. The van der Waals surface area contributed by atoms with Crippen molar-refractivity contribution in [3.05, 3.63) is 11.9 Å². The van der Waals surface area contributed by atoms with Crippen LogP contribution in [-0.2, 0) is 11.3 Å². The molecular formula is C11H17N5O2. The number of hydrogen-bond donors (Lipinski definition) is 1. The first kappa shape index (κ1) is 12.5. The number of carbonyl (C=O) groups excluding carboxylic acids is 2. The summed E-state index contributed by atoms with van der Waals surface area (Å²) in [5, 5.41) is 10.2. The lowest BCUT2D eigenvalue weighted by molar-refractivity contribution is -0.129. The van der Waals surface area contributed by atoms with Gasteiger partial charge in [-0.25, -0.2) is 4.68 Å². The molecule has 2 rings (SSSR count). The molecule has 0 saturated carbocycles. The van der Waals surface area contributed by atoms with E-state index in [1.807, 2.05) is 4.90 Å². The second kappa shape index (κ2) is 5.16. The number of amides is 2. The molecule has 7 heteroatoms. The highest BCUT2D eigenvalue weighted by molar-refractivity contribution is 5.91. The summed E-state index contributed by atoms with van der Waals surface area (Å²) in [5.41, 5.74) is 0.424.